The van der Waals surface area contributed by atoms with Crippen molar-refractivity contribution in [3.8, 4) is 11.1 Å². The summed E-state index contributed by atoms with van der Waals surface area (Å²) in [7, 11) is 0. The molecule has 2 rings (SSSR count). The predicted molar refractivity (Wildman–Crippen MR) is 71.4 cm³/mol. The lowest BCUT2D eigenvalue weighted by Gasteiger charge is -2.10. The van der Waals surface area contributed by atoms with Crippen LogP contribution in [-0.4, -0.2) is 0 Å². The summed E-state index contributed by atoms with van der Waals surface area (Å²) in [6, 6.07) is 11.0. The summed E-state index contributed by atoms with van der Waals surface area (Å²) >= 11 is 11.4. The van der Waals surface area contributed by atoms with Gasteiger partial charge in [0.25, 0.3) is 0 Å². The second kappa shape index (κ2) is 5.43. The number of rotatable bonds is 2. The molecule has 100 valence electrons. The molecule has 0 fully saturated rings. The first-order valence-electron chi connectivity index (χ1n) is 5.44. The van der Waals surface area contributed by atoms with Gasteiger partial charge in [0.05, 0.1) is 10.6 Å². The van der Waals surface area contributed by atoms with E-state index < -0.39 is 11.7 Å². The summed E-state index contributed by atoms with van der Waals surface area (Å²) in [5.41, 5.74) is 1.56. The maximum absolute atomic E-state index is 12.6. The van der Waals surface area contributed by atoms with Crippen LogP contribution in [0.2, 0.25) is 5.02 Å². The van der Waals surface area contributed by atoms with E-state index in [4.69, 9.17) is 23.2 Å². The molecule has 2 aromatic carbocycles. The van der Waals surface area contributed by atoms with E-state index in [1.807, 2.05) is 12.1 Å². The highest BCUT2D eigenvalue weighted by atomic mass is 35.5. The Morgan fingerprint density at radius 1 is 0.895 bits per heavy atom. The fraction of sp³-hybridized carbons (Fsp3) is 0.143. The van der Waals surface area contributed by atoms with Gasteiger partial charge in [-0.3, -0.25) is 0 Å². The van der Waals surface area contributed by atoms with Crippen LogP contribution in [-0.2, 0) is 12.1 Å². The SMILES string of the molecule is FC(F)(F)c1ccc(-c2ccc(CCl)cc2)cc1Cl. The van der Waals surface area contributed by atoms with Gasteiger partial charge in [0, 0.05) is 5.88 Å². The van der Waals surface area contributed by atoms with E-state index in [-0.39, 0.29) is 5.02 Å². The fourth-order valence-electron chi connectivity index (χ4n) is 1.71. The number of benzene rings is 2. The zero-order valence-corrected chi connectivity index (χ0v) is 11.2. The quantitative estimate of drug-likeness (QED) is 0.618. The van der Waals surface area contributed by atoms with Gasteiger partial charge in [-0.2, -0.15) is 13.2 Å². The van der Waals surface area contributed by atoms with Gasteiger partial charge in [-0.05, 0) is 28.8 Å². The van der Waals surface area contributed by atoms with Crippen LogP contribution in [0.1, 0.15) is 11.1 Å². The second-order valence-electron chi connectivity index (χ2n) is 4.02. The lowest BCUT2D eigenvalue weighted by atomic mass is 10.0. The largest absolute Gasteiger partial charge is 0.417 e. The Balaban J connectivity index is 2.38. The van der Waals surface area contributed by atoms with Crippen LogP contribution in [0.4, 0.5) is 13.2 Å². The Morgan fingerprint density at radius 3 is 1.95 bits per heavy atom. The lowest BCUT2D eigenvalue weighted by molar-refractivity contribution is -0.137. The molecule has 0 aliphatic rings. The van der Waals surface area contributed by atoms with E-state index in [1.54, 1.807) is 12.1 Å². The third-order valence-electron chi connectivity index (χ3n) is 2.72. The van der Waals surface area contributed by atoms with E-state index in [1.165, 1.54) is 12.1 Å². The van der Waals surface area contributed by atoms with E-state index in [0.717, 1.165) is 17.2 Å². The molecule has 0 N–H and O–H groups in total. The van der Waals surface area contributed by atoms with Crippen molar-refractivity contribution in [2.75, 3.05) is 0 Å². The van der Waals surface area contributed by atoms with Gasteiger partial charge in [-0.15, -0.1) is 11.6 Å². The first-order chi connectivity index (χ1) is 8.91. The van der Waals surface area contributed by atoms with Gasteiger partial charge >= 0.3 is 6.18 Å². The van der Waals surface area contributed by atoms with Gasteiger partial charge < -0.3 is 0 Å². The highest BCUT2D eigenvalue weighted by Crippen LogP contribution is 2.36. The van der Waals surface area contributed by atoms with Gasteiger partial charge in [0.15, 0.2) is 0 Å². The Labute approximate surface area is 118 Å². The Bertz CT molecular complexity index is 574. The van der Waals surface area contributed by atoms with Gasteiger partial charge in [0.2, 0.25) is 0 Å². The minimum Gasteiger partial charge on any atom is -0.166 e. The summed E-state index contributed by atoms with van der Waals surface area (Å²) in [5, 5.41) is -0.300. The first kappa shape index (κ1) is 14.2. The third-order valence-corrected chi connectivity index (χ3v) is 3.34. The molecule has 0 bridgehead atoms. The number of halogens is 5. The van der Waals surface area contributed by atoms with Crippen LogP contribution in [0.5, 0.6) is 0 Å². The van der Waals surface area contributed by atoms with E-state index in [9.17, 15) is 13.2 Å². The van der Waals surface area contributed by atoms with Gasteiger partial charge in [-0.25, -0.2) is 0 Å². The van der Waals surface area contributed by atoms with Crippen molar-refractivity contribution in [3.05, 3.63) is 58.6 Å². The highest BCUT2D eigenvalue weighted by molar-refractivity contribution is 6.31. The summed E-state index contributed by atoms with van der Waals surface area (Å²) < 4.78 is 37.7. The number of alkyl halides is 4. The van der Waals surface area contributed by atoms with E-state index >= 15 is 0 Å². The third kappa shape index (κ3) is 3.23. The van der Waals surface area contributed by atoms with Crippen LogP contribution >= 0.6 is 23.2 Å². The van der Waals surface area contributed by atoms with Crippen molar-refractivity contribution in [2.45, 2.75) is 12.1 Å². The van der Waals surface area contributed by atoms with Crippen LogP contribution in [0.15, 0.2) is 42.5 Å². The summed E-state index contributed by atoms with van der Waals surface area (Å²) in [6.45, 7) is 0. The molecule has 0 unspecified atom stereocenters. The molecule has 2 aromatic rings. The molecule has 5 heteroatoms. The molecule has 0 radical (unpaired) electrons. The monoisotopic (exact) mass is 304 g/mol. The molecule has 0 aromatic heterocycles. The van der Waals surface area contributed by atoms with Crippen LogP contribution in [0.25, 0.3) is 11.1 Å². The molecule has 0 saturated heterocycles. The molecule has 0 nitrogen and oxygen atoms in total. The summed E-state index contributed by atoms with van der Waals surface area (Å²) in [6.07, 6.45) is -4.43. The topological polar surface area (TPSA) is 0 Å². The average molecular weight is 305 g/mol. The molecule has 0 atom stereocenters. The zero-order valence-electron chi connectivity index (χ0n) is 9.64. The van der Waals surface area contributed by atoms with Crippen molar-refractivity contribution in [3.63, 3.8) is 0 Å². The van der Waals surface area contributed by atoms with E-state index in [0.29, 0.717) is 11.4 Å². The molecule has 0 aliphatic carbocycles. The Morgan fingerprint density at radius 2 is 1.47 bits per heavy atom. The zero-order chi connectivity index (χ0) is 14.0. The minimum absolute atomic E-state index is 0.300. The van der Waals surface area contributed by atoms with Crippen LogP contribution < -0.4 is 0 Å². The lowest BCUT2D eigenvalue weighted by Crippen LogP contribution is -2.05. The molecular formula is C14H9Cl2F3. The van der Waals surface area contributed by atoms with Crippen LogP contribution in [0, 0.1) is 0 Å². The maximum atomic E-state index is 12.6. The summed E-state index contributed by atoms with van der Waals surface area (Å²) in [5.74, 6) is 0.397. The maximum Gasteiger partial charge on any atom is 0.417 e. The summed E-state index contributed by atoms with van der Waals surface area (Å²) in [4.78, 5) is 0. The van der Waals surface area contributed by atoms with Gasteiger partial charge in [-0.1, -0.05) is 41.9 Å². The number of hydrogen-bond donors (Lipinski definition) is 0. The van der Waals surface area contributed by atoms with Gasteiger partial charge in [0.1, 0.15) is 0 Å². The molecule has 0 amide bonds. The molecule has 0 aliphatic heterocycles. The predicted octanol–water partition coefficient (Wildman–Crippen LogP) is 5.76. The second-order valence-corrected chi connectivity index (χ2v) is 4.70. The van der Waals surface area contributed by atoms with Crippen molar-refractivity contribution < 1.29 is 13.2 Å². The van der Waals surface area contributed by atoms with Crippen molar-refractivity contribution in [1.82, 2.24) is 0 Å². The molecule has 0 spiro atoms. The normalized spacial score (nSPS) is 11.6. The van der Waals surface area contributed by atoms with Crippen molar-refractivity contribution in [1.29, 1.82) is 0 Å². The standard InChI is InChI=1S/C14H9Cl2F3/c15-8-9-1-3-10(4-2-9)11-5-6-12(13(16)7-11)14(17,18)19/h1-7H,8H2. The Hall–Kier alpha value is -1.19. The number of hydrogen-bond acceptors (Lipinski definition) is 0. The highest BCUT2D eigenvalue weighted by Gasteiger charge is 2.33. The molecule has 19 heavy (non-hydrogen) atoms. The molecule has 0 heterocycles. The molecule has 0 saturated carbocycles. The first-order valence-corrected chi connectivity index (χ1v) is 6.35. The van der Waals surface area contributed by atoms with Crippen LogP contribution in [0.3, 0.4) is 0 Å². The van der Waals surface area contributed by atoms with Crippen molar-refractivity contribution >= 4 is 23.2 Å². The smallest absolute Gasteiger partial charge is 0.166 e. The minimum atomic E-state index is -4.43. The molecular weight excluding hydrogens is 296 g/mol. The average Bonchev–Trinajstić information content (AvgIpc) is 2.37. The van der Waals surface area contributed by atoms with Crippen molar-refractivity contribution in [2.24, 2.45) is 0 Å². The van der Waals surface area contributed by atoms with E-state index in [2.05, 4.69) is 0 Å². The Kier molecular flexibility index (Phi) is 4.07. The fourth-order valence-corrected chi connectivity index (χ4v) is 2.18.